The lowest BCUT2D eigenvalue weighted by molar-refractivity contribution is -0.142. The van der Waals surface area contributed by atoms with Gasteiger partial charge in [0.2, 0.25) is 11.8 Å². The van der Waals surface area contributed by atoms with Gasteiger partial charge in [0.05, 0.1) is 23.7 Å². The van der Waals surface area contributed by atoms with Gasteiger partial charge in [-0.15, -0.1) is 11.3 Å². The zero-order chi connectivity index (χ0) is 25.7. The molecular formula is C28H33N3O4S. The van der Waals surface area contributed by atoms with Crippen LogP contribution < -0.4 is 4.74 Å². The Bertz CT molecular complexity index is 1240. The summed E-state index contributed by atoms with van der Waals surface area (Å²) in [6.07, 6.45) is 3.74. The van der Waals surface area contributed by atoms with E-state index in [9.17, 15) is 9.59 Å². The molecule has 0 aliphatic heterocycles. The Labute approximate surface area is 216 Å². The highest BCUT2D eigenvalue weighted by atomic mass is 32.1. The molecule has 0 bridgehead atoms. The molecule has 0 spiro atoms. The largest absolute Gasteiger partial charge is 0.471 e. The van der Waals surface area contributed by atoms with Gasteiger partial charge in [-0.3, -0.25) is 9.59 Å². The average Bonchev–Trinajstić information content (AvgIpc) is 3.62. The Kier molecular flexibility index (Phi) is 8.36. The van der Waals surface area contributed by atoms with Crippen LogP contribution in [-0.2, 0) is 33.9 Å². The Morgan fingerprint density at radius 1 is 1.14 bits per heavy atom. The van der Waals surface area contributed by atoms with Gasteiger partial charge in [-0.2, -0.15) is 0 Å². The lowest BCUT2D eigenvalue weighted by Gasteiger charge is -2.23. The first-order valence-electron chi connectivity index (χ1n) is 12.4. The summed E-state index contributed by atoms with van der Waals surface area (Å²) < 4.78 is 11.3. The number of hydrogen-bond donors (Lipinski definition) is 0. The number of rotatable bonds is 11. The minimum Gasteiger partial charge on any atom is -0.471 e. The molecule has 1 saturated carbocycles. The van der Waals surface area contributed by atoms with E-state index in [4.69, 9.17) is 9.47 Å². The van der Waals surface area contributed by atoms with Gasteiger partial charge in [0.15, 0.2) is 0 Å². The van der Waals surface area contributed by atoms with Crippen LogP contribution >= 0.6 is 11.3 Å². The Balaban J connectivity index is 1.70. The lowest BCUT2D eigenvalue weighted by atomic mass is 9.96. The maximum absolute atomic E-state index is 12.9. The maximum atomic E-state index is 12.9. The standard InChI is InChI=1S/C28H33N3O4S/c1-5-31(28(33)21-8-9-21)15-22-11-18(3)7-10-24(22)25-12-20(13-26(32)34-6-2)14-29-27(25)35-16-23-17-36-19(4)30-23/h7,10-12,14,17,21H,5-6,8-9,13,15-16H2,1-4H3. The van der Waals surface area contributed by atoms with E-state index in [2.05, 4.69) is 16.0 Å². The highest BCUT2D eigenvalue weighted by Gasteiger charge is 2.33. The number of benzene rings is 1. The SMILES string of the molecule is CCOC(=O)Cc1cnc(OCc2csc(C)n2)c(-c2ccc(C)cc2CN(CC)C(=O)C2CC2)c1. The number of hydrogen-bond acceptors (Lipinski definition) is 7. The van der Waals surface area contributed by atoms with E-state index in [1.165, 1.54) is 0 Å². The molecule has 2 heterocycles. The van der Waals surface area contributed by atoms with E-state index in [-0.39, 0.29) is 24.2 Å². The topological polar surface area (TPSA) is 81.6 Å². The molecule has 7 nitrogen and oxygen atoms in total. The smallest absolute Gasteiger partial charge is 0.310 e. The van der Waals surface area contributed by atoms with Crippen LogP contribution in [0.2, 0.25) is 0 Å². The number of carbonyl (C=O) groups is 2. The van der Waals surface area contributed by atoms with Gasteiger partial charge in [-0.05, 0) is 63.3 Å². The van der Waals surface area contributed by atoms with Crippen molar-refractivity contribution in [1.29, 1.82) is 0 Å². The number of pyridine rings is 1. The minimum absolute atomic E-state index is 0.127. The number of aromatic nitrogens is 2. The van der Waals surface area contributed by atoms with E-state index in [1.807, 2.05) is 49.3 Å². The number of esters is 1. The zero-order valence-corrected chi connectivity index (χ0v) is 22.2. The van der Waals surface area contributed by atoms with Crippen molar-refractivity contribution in [3.05, 3.63) is 63.2 Å². The number of ether oxygens (including phenoxy) is 2. The third kappa shape index (κ3) is 6.49. The van der Waals surface area contributed by atoms with Crippen molar-refractivity contribution >= 4 is 23.2 Å². The van der Waals surface area contributed by atoms with Crippen LogP contribution in [0, 0.1) is 19.8 Å². The summed E-state index contributed by atoms with van der Waals surface area (Å²) in [5.74, 6) is 0.547. The van der Waals surface area contributed by atoms with Crippen LogP contribution in [0.1, 0.15) is 54.1 Å². The van der Waals surface area contributed by atoms with Gasteiger partial charge in [-0.25, -0.2) is 9.97 Å². The molecular weight excluding hydrogens is 474 g/mol. The summed E-state index contributed by atoms with van der Waals surface area (Å²) in [5, 5.41) is 2.96. The summed E-state index contributed by atoms with van der Waals surface area (Å²) in [6.45, 7) is 9.60. The monoisotopic (exact) mass is 507 g/mol. The Morgan fingerprint density at radius 3 is 2.61 bits per heavy atom. The molecule has 0 unspecified atom stereocenters. The molecule has 2 aromatic heterocycles. The molecule has 0 N–H and O–H groups in total. The van der Waals surface area contributed by atoms with E-state index in [1.54, 1.807) is 24.5 Å². The first-order chi connectivity index (χ1) is 17.4. The molecule has 0 radical (unpaired) electrons. The summed E-state index contributed by atoms with van der Waals surface area (Å²) >= 11 is 1.58. The predicted molar refractivity (Wildman–Crippen MR) is 140 cm³/mol. The van der Waals surface area contributed by atoms with Crippen molar-refractivity contribution in [3.8, 4) is 17.0 Å². The van der Waals surface area contributed by atoms with Crippen molar-refractivity contribution in [2.75, 3.05) is 13.2 Å². The van der Waals surface area contributed by atoms with E-state index in [0.29, 0.717) is 32.2 Å². The lowest BCUT2D eigenvalue weighted by Crippen LogP contribution is -2.31. The molecule has 1 aliphatic carbocycles. The van der Waals surface area contributed by atoms with Crippen LogP contribution in [0.15, 0.2) is 35.8 Å². The predicted octanol–water partition coefficient (Wildman–Crippen LogP) is 5.27. The maximum Gasteiger partial charge on any atom is 0.310 e. The van der Waals surface area contributed by atoms with Crippen LogP contribution in [-0.4, -0.2) is 39.9 Å². The van der Waals surface area contributed by atoms with Crippen molar-refractivity contribution in [2.45, 2.75) is 60.1 Å². The van der Waals surface area contributed by atoms with Crippen LogP contribution in [0.25, 0.3) is 11.1 Å². The molecule has 1 aromatic carbocycles. The van der Waals surface area contributed by atoms with Crippen molar-refractivity contribution in [2.24, 2.45) is 5.92 Å². The molecule has 36 heavy (non-hydrogen) atoms. The van der Waals surface area contributed by atoms with Gasteiger partial charge >= 0.3 is 5.97 Å². The summed E-state index contributed by atoms with van der Waals surface area (Å²) in [5.41, 5.74) is 5.44. The Hall–Kier alpha value is -3.26. The second-order valence-electron chi connectivity index (χ2n) is 9.11. The molecule has 0 atom stereocenters. The third-order valence-electron chi connectivity index (χ3n) is 6.12. The van der Waals surface area contributed by atoms with E-state index >= 15 is 0 Å². The third-order valence-corrected chi connectivity index (χ3v) is 6.94. The fraction of sp³-hybridized carbons (Fsp3) is 0.429. The van der Waals surface area contributed by atoms with Gasteiger partial charge in [-0.1, -0.05) is 23.8 Å². The summed E-state index contributed by atoms with van der Waals surface area (Å²) in [6, 6.07) is 8.15. The first kappa shape index (κ1) is 25.8. The van der Waals surface area contributed by atoms with Crippen molar-refractivity contribution < 1.29 is 19.1 Å². The Morgan fingerprint density at radius 2 is 1.94 bits per heavy atom. The summed E-state index contributed by atoms with van der Waals surface area (Å²) in [7, 11) is 0. The molecule has 190 valence electrons. The van der Waals surface area contributed by atoms with Crippen LogP contribution in [0.4, 0.5) is 0 Å². The van der Waals surface area contributed by atoms with E-state index < -0.39 is 0 Å². The van der Waals surface area contributed by atoms with Gasteiger partial charge in [0.25, 0.3) is 0 Å². The quantitative estimate of drug-likeness (QED) is 0.329. The molecule has 3 aromatic rings. The normalized spacial score (nSPS) is 12.9. The van der Waals surface area contributed by atoms with Gasteiger partial charge in [0, 0.05) is 36.1 Å². The van der Waals surface area contributed by atoms with Gasteiger partial charge in [0.1, 0.15) is 6.61 Å². The second-order valence-corrected chi connectivity index (χ2v) is 10.2. The summed E-state index contributed by atoms with van der Waals surface area (Å²) in [4.78, 5) is 36.0. The number of carbonyl (C=O) groups excluding carboxylic acids is 2. The molecule has 8 heteroatoms. The zero-order valence-electron chi connectivity index (χ0n) is 21.4. The fourth-order valence-electron chi connectivity index (χ4n) is 4.15. The van der Waals surface area contributed by atoms with Crippen LogP contribution in [0.5, 0.6) is 5.88 Å². The highest BCUT2D eigenvalue weighted by Crippen LogP contribution is 2.35. The fourth-order valence-corrected chi connectivity index (χ4v) is 4.75. The average molecular weight is 508 g/mol. The van der Waals surface area contributed by atoms with Crippen molar-refractivity contribution in [1.82, 2.24) is 14.9 Å². The molecule has 0 saturated heterocycles. The highest BCUT2D eigenvalue weighted by molar-refractivity contribution is 7.09. The van der Waals surface area contributed by atoms with Gasteiger partial charge < -0.3 is 14.4 Å². The molecule has 1 fully saturated rings. The number of aryl methyl sites for hydroxylation is 2. The number of amides is 1. The van der Waals surface area contributed by atoms with Crippen molar-refractivity contribution in [3.63, 3.8) is 0 Å². The van der Waals surface area contributed by atoms with Crippen LogP contribution in [0.3, 0.4) is 0 Å². The molecule has 1 amide bonds. The first-order valence-corrected chi connectivity index (χ1v) is 13.3. The number of thiazole rings is 1. The molecule has 1 aliphatic rings. The second kappa shape index (κ2) is 11.6. The number of nitrogens with zero attached hydrogens (tertiary/aromatic N) is 3. The van der Waals surface area contributed by atoms with E-state index in [0.717, 1.165) is 51.4 Å². The minimum atomic E-state index is -0.298. The molecule has 4 rings (SSSR count).